The molecule has 17 heavy (non-hydrogen) atoms. The van der Waals surface area contributed by atoms with Gasteiger partial charge in [-0.15, -0.1) is 0 Å². The van der Waals surface area contributed by atoms with Gasteiger partial charge in [-0.05, 0) is 45.3 Å². The van der Waals surface area contributed by atoms with Gasteiger partial charge in [-0.1, -0.05) is 0 Å². The molecule has 1 saturated heterocycles. The molecule has 2 atom stereocenters. The summed E-state index contributed by atoms with van der Waals surface area (Å²) in [7, 11) is 2.11. The van der Waals surface area contributed by atoms with Gasteiger partial charge in [0.25, 0.3) is 0 Å². The first-order chi connectivity index (χ1) is 8.08. The molecule has 2 fully saturated rings. The first kappa shape index (κ1) is 12.4. The number of rotatable bonds is 4. The molecule has 1 saturated carbocycles. The summed E-state index contributed by atoms with van der Waals surface area (Å²) in [4.78, 5) is 24.6. The van der Waals surface area contributed by atoms with Gasteiger partial charge in [0.05, 0.1) is 11.8 Å². The maximum atomic E-state index is 11.6. The van der Waals surface area contributed by atoms with Gasteiger partial charge in [-0.2, -0.15) is 0 Å². The summed E-state index contributed by atoms with van der Waals surface area (Å²) in [6.45, 7) is 2.87. The number of nitrogens with zero attached hydrogens (tertiary/aromatic N) is 1. The smallest absolute Gasteiger partial charge is 0.307 e. The molecule has 1 amide bonds. The van der Waals surface area contributed by atoms with Crippen molar-refractivity contribution in [2.75, 3.05) is 26.7 Å². The van der Waals surface area contributed by atoms with Crippen LogP contribution in [0.3, 0.4) is 0 Å². The summed E-state index contributed by atoms with van der Waals surface area (Å²) >= 11 is 0. The van der Waals surface area contributed by atoms with E-state index in [0.29, 0.717) is 18.9 Å². The van der Waals surface area contributed by atoms with Crippen LogP contribution >= 0.6 is 0 Å². The fourth-order valence-electron chi connectivity index (χ4n) is 2.40. The topological polar surface area (TPSA) is 69.6 Å². The van der Waals surface area contributed by atoms with Gasteiger partial charge < -0.3 is 15.3 Å². The van der Waals surface area contributed by atoms with Gasteiger partial charge in [0, 0.05) is 6.54 Å². The highest BCUT2D eigenvalue weighted by atomic mass is 16.4. The van der Waals surface area contributed by atoms with Crippen LogP contribution in [0.5, 0.6) is 0 Å². The normalized spacial score (nSPS) is 29.9. The van der Waals surface area contributed by atoms with Crippen LogP contribution in [0.2, 0.25) is 0 Å². The van der Waals surface area contributed by atoms with Crippen LogP contribution in [-0.4, -0.2) is 48.6 Å². The summed E-state index contributed by atoms with van der Waals surface area (Å²) in [5.41, 5.74) is 0. The van der Waals surface area contributed by atoms with Crippen molar-refractivity contribution in [2.45, 2.75) is 19.3 Å². The minimum atomic E-state index is -0.843. The molecule has 0 bridgehead atoms. The molecule has 5 nitrogen and oxygen atoms in total. The number of hydrogen-bond donors (Lipinski definition) is 2. The first-order valence-electron chi connectivity index (χ1n) is 6.27. The number of carboxylic acid groups (broad SMARTS) is 1. The molecule has 1 aliphatic heterocycles. The third-order valence-electron chi connectivity index (χ3n) is 3.85. The van der Waals surface area contributed by atoms with Crippen molar-refractivity contribution in [2.24, 2.45) is 17.8 Å². The van der Waals surface area contributed by atoms with Crippen LogP contribution in [0, 0.1) is 17.8 Å². The van der Waals surface area contributed by atoms with Gasteiger partial charge in [-0.3, -0.25) is 9.59 Å². The SMILES string of the molecule is CN1CCC(CNC(=O)[C@@H]2C[C@@H]2C(=O)O)CC1. The Balaban J connectivity index is 1.66. The molecule has 0 radical (unpaired) electrons. The second kappa shape index (κ2) is 5.04. The maximum absolute atomic E-state index is 11.6. The highest BCUT2D eigenvalue weighted by Gasteiger charge is 2.48. The van der Waals surface area contributed by atoms with Gasteiger partial charge in [0.1, 0.15) is 0 Å². The molecule has 1 heterocycles. The minimum Gasteiger partial charge on any atom is -0.481 e. The molecule has 0 aromatic rings. The van der Waals surface area contributed by atoms with Crippen molar-refractivity contribution < 1.29 is 14.7 Å². The number of carbonyl (C=O) groups is 2. The molecular weight excluding hydrogens is 220 g/mol. The summed E-state index contributed by atoms with van der Waals surface area (Å²) in [5, 5.41) is 11.6. The zero-order chi connectivity index (χ0) is 12.4. The quantitative estimate of drug-likeness (QED) is 0.734. The fourth-order valence-corrected chi connectivity index (χ4v) is 2.40. The average Bonchev–Trinajstić information content (AvgIpc) is 3.08. The van der Waals surface area contributed by atoms with E-state index in [9.17, 15) is 9.59 Å². The standard InChI is InChI=1S/C12H20N2O3/c1-14-4-2-8(3-5-14)7-13-11(15)9-6-10(9)12(16)17/h8-10H,2-7H2,1H3,(H,13,15)(H,16,17)/t9-,10+/m1/s1. The van der Waals surface area contributed by atoms with Gasteiger partial charge in [-0.25, -0.2) is 0 Å². The number of nitrogens with one attached hydrogen (secondary N) is 1. The van der Waals surface area contributed by atoms with E-state index in [4.69, 9.17) is 5.11 Å². The second-order valence-electron chi connectivity index (χ2n) is 5.28. The number of amides is 1. The van der Waals surface area contributed by atoms with Crippen LogP contribution in [0.4, 0.5) is 0 Å². The van der Waals surface area contributed by atoms with Gasteiger partial charge in [0.15, 0.2) is 0 Å². The number of likely N-dealkylation sites (tertiary alicyclic amines) is 1. The van der Waals surface area contributed by atoms with Crippen molar-refractivity contribution in [3.63, 3.8) is 0 Å². The molecule has 0 aromatic carbocycles. The Morgan fingerprint density at radius 3 is 2.47 bits per heavy atom. The highest BCUT2D eigenvalue weighted by Crippen LogP contribution is 2.38. The molecule has 96 valence electrons. The Bertz CT molecular complexity index is 311. The van der Waals surface area contributed by atoms with E-state index in [-0.39, 0.29) is 11.8 Å². The van der Waals surface area contributed by atoms with E-state index in [0.717, 1.165) is 25.9 Å². The molecule has 2 N–H and O–H groups in total. The lowest BCUT2D eigenvalue weighted by Crippen LogP contribution is -2.37. The Morgan fingerprint density at radius 1 is 1.29 bits per heavy atom. The fraction of sp³-hybridized carbons (Fsp3) is 0.833. The molecule has 2 aliphatic rings. The van der Waals surface area contributed by atoms with Gasteiger partial charge >= 0.3 is 5.97 Å². The number of piperidine rings is 1. The molecule has 2 rings (SSSR count). The Kier molecular flexibility index (Phi) is 3.66. The Labute approximate surface area is 101 Å². The summed E-state index contributed by atoms with van der Waals surface area (Å²) in [6, 6.07) is 0. The number of carbonyl (C=O) groups excluding carboxylic acids is 1. The third-order valence-corrected chi connectivity index (χ3v) is 3.85. The predicted octanol–water partition coefficient (Wildman–Crippen LogP) is 0.165. The molecule has 0 aromatic heterocycles. The maximum Gasteiger partial charge on any atom is 0.307 e. The summed E-state index contributed by atoms with van der Waals surface area (Å²) in [6.07, 6.45) is 2.74. The zero-order valence-corrected chi connectivity index (χ0v) is 10.2. The lowest BCUT2D eigenvalue weighted by atomic mass is 9.97. The van der Waals surface area contributed by atoms with Crippen LogP contribution < -0.4 is 5.32 Å². The Morgan fingerprint density at radius 2 is 1.94 bits per heavy atom. The largest absolute Gasteiger partial charge is 0.481 e. The lowest BCUT2D eigenvalue weighted by molar-refractivity contribution is -0.140. The van der Waals surface area contributed by atoms with E-state index < -0.39 is 11.9 Å². The minimum absolute atomic E-state index is 0.0728. The Hall–Kier alpha value is -1.10. The molecule has 0 spiro atoms. The van der Waals surface area contributed by atoms with Gasteiger partial charge in [0.2, 0.25) is 5.91 Å². The van der Waals surface area contributed by atoms with Crippen molar-refractivity contribution in [3.05, 3.63) is 0 Å². The monoisotopic (exact) mass is 240 g/mol. The van der Waals surface area contributed by atoms with Crippen molar-refractivity contribution in [1.29, 1.82) is 0 Å². The van der Waals surface area contributed by atoms with Crippen molar-refractivity contribution in [3.8, 4) is 0 Å². The van der Waals surface area contributed by atoms with E-state index >= 15 is 0 Å². The van der Waals surface area contributed by atoms with E-state index in [2.05, 4.69) is 17.3 Å². The van der Waals surface area contributed by atoms with Crippen LogP contribution in [0.1, 0.15) is 19.3 Å². The predicted molar refractivity (Wildman–Crippen MR) is 62.5 cm³/mol. The van der Waals surface area contributed by atoms with Crippen LogP contribution in [0.15, 0.2) is 0 Å². The van der Waals surface area contributed by atoms with Crippen LogP contribution in [0.25, 0.3) is 0 Å². The average molecular weight is 240 g/mol. The summed E-state index contributed by atoms with van der Waals surface area (Å²) in [5.74, 6) is -1.08. The molecule has 5 heteroatoms. The van der Waals surface area contributed by atoms with E-state index in [1.54, 1.807) is 0 Å². The zero-order valence-electron chi connectivity index (χ0n) is 10.2. The number of hydrogen-bond acceptors (Lipinski definition) is 3. The van der Waals surface area contributed by atoms with E-state index in [1.165, 1.54) is 0 Å². The second-order valence-corrected chi connectivity index (χ2v) is 5.28. The van der Waals surface area contributed by atoms with Crippen LogP contribution in [-0.2, 0) is 9.59 Å². The molecule has 1 aliphatic carbocycles. The van der Waals surface area contributed by atoms with E-state index in [1.807, 2.05) is 0 Å². The molecular formula is C12H20N2O3. The van der Waals surface area contributed by atoms with Crippen molar-refractivity contribution in [1.82, 2.24) is 10.2 Å². The molecule has 0 unspecified atom stereocenters. The third kappa shape index (κ3) is 3.19. The van der Waals surface area contributed by atoms with Crippen molar-refractivity contribution >= 4 is 11.9 Å². The highest BCUT2D eigenvalue weighted by molar-refractivity contribution is 5.89. The number of aliphatic carboxylic acids is 1. The summed E-state index contributed by atoms with van der Waals surface area (Å²) < 4.78 is 0. The lowest BCUT2D eigenvalue weighted by Gasteiger charge is -2.28. The first-order valence-corrected chi connectivity index (χ1v) is 6.27. The number of carboxylic acids is 1.